The van der Waals surface area contributed by atoms with Gasteiger partial charge in [0.2, 0.25) is 17.7 Å². The molecule has 0 spiro atoms. The van der Waals surface area contributed by atoms with Crippen LogP contribution in [0, 0.1) is 6.92 Å². The molecule has 0 bridgehead atoms. The van der Waals surface area contributed by atoms with E-state index in [-0.39, 0.29) is 12.3 Å². The van der Waals surface area contributed by atoms with Crippen molar-refractivity contribution in [2.24, 2.45) is 0 Å². The zero-order valence-electron chi connectivity index (χ0n) is 17.4. The van der Waals surface area contributed by atoms with E-state index in [1.165, 1.54) is 37.7 Å². The average Bonchev–Trinajstić information content (AvgIpc) is 3.24. The maximum Gasteiger partial charge on any atom is 0.247 e. The molecule has 1 saturated carbocycles. The molecule has 1 amide bonds. The fourth-order valence-electron chi connectivity index (χ4n) is 3.74. The van der Waals surface area contributed by atoms with Gasteiger partial charge in [-0.2, -0.15) is 0 Å². The van der Waals surface area contributed by atoms with E-state index in [1.54, 1.807) is 0 Å². The zero-order valence-corrected chi connectivity index (χ0v) is 17.4. The summed E-state index contributed by atoms with van der Waals surface area (Å²) in [6.45, 7) is 2.03. The summed E-state index contributed by atoms with van der Waals surface area (Å²) in [6, 6.07) is 16.4. The van der Waals surface area contributed by atoms with Gasteiger partial charge < -0.3 is 15.1 Å². The molecule has 156 valence electrons. The van der Waals surface area contributed by atoms with Crippen molar-refractivity contribution in [3.8, 4) is 11.5 Å². The van der Waals surface area contributed by atoms with E-state index in [2.05, 4.69) is 20.8 Å². The number of benzene rings is 2. The van der Waals surface area contributed by atoms with Crippen LogP contribution in [0.5, 0.6) is 0 Å². The van der Waals surface area contributed by atoms with Gasteiger partial charge in [-0.15, -0.1) is 10.2 Å². The molecule has 1 aromatic heterocycles. The Morgan fingerprint density at radius 2 is 1.67 bits per heavy atom. The van der Waals surface area contributed by atoms with Gasteiger partial charge in [0, 0.05) is 35.8 Å². The molecule has 30 heavy (non-hydrogen) atoms. The van der Waals surface area contributed by atoms with E-state index in [9.17, 15) is 4.79 Å². The second-order valence-corrected chi connectivity index (χ2v) is 7.97. The van der Waals surface area contributed by atoms with Gasteiger partial charge in [0.1, 0.15) is 0 Å². The van der Waals surface area contributed by atoms with Crippen molar-refractivity contribution in [3.05, 3.63) is 60.0 Å². The smallest absolute Gasteiger partial charge is 0.247 e. The summed E-state index contributed by atoms with van der Waals surface area (Å²) in [4.78, 5) is 12.3. The third-order valence-corrected chi connectivity index (χ3v) is 5.48. The number of carbonyl (C=O) groups excluding carboxylic acids is 1. The monoisotopic (exact) mass is 404 g/mol. The third-order valence-electron chi connectivity index (χ3n) is 5.48. The van der Waals surface area contributed by atoms with E-state index in [1.807, 2.05) is 55.5 Å². The van der Waals surface area contributed by atoms with Crippen molar-refractivity contribution in [3.63, 3.8) is 0 Å². The molecule has 0 saturated heterocycles. The summed E-state index contributed by atoms with van der Waals surface area (Å²) in [5.41, 5.74) is 3.95. The molecular weight excluding hydrogens is 376 g/mol. The number of nitrogens with one attached hydrogen (secondary N) is 2. The van der Waals surface area contributed by atoms with E-state index in [4.69, 9.17) is 4.42 Å². The highest BCUT2D eigenvalue weighted by Gasteiger charge is 2.13. The molecule has 1 heterocycles. The van der Waals surface area contributed by atoms with Crippen LogP contribution >= 0.6 is 0 Å². The van der Waals surface area contributed by atoms with Crippen LogP contribution in [0.4, 0.5) is 11.4 Å². The first kappa shape index (κ1) is 20.1. The Morgan fingerprint density at radius 3 is 2.40 bits per heavy atom. The molecule has 2 N–H and O–H groups in total. The minimum atomic E-state index is -0.0712. The minimum Gasteiger partial charge on any atom is -0.421 e. The molecule has 6 heteroatoms. The maximum absolute atomic E-state index is 12.3. The molecule has 0 aliphatic heterocycles. The van der Waals surface area contributed by atoms with Crippen LogP contribution in [-0.2, 0) is 11.2 Å². The summed E-state index contributed by atoms with van der Waals surface area (Å²) in [5, 5.41) is 14.7. The molecule has 0 radical (unpaired) electrons. The number of rotatable bonds is 7. The van der Waals surface area contributed by atoms with Gasteiger partial charge in [0.05, 0.1) is 0 Å². The number of nitrogens with zero attached hydrogens (tertiary/aromatic N) is 2. The fourth-order valence-corrected chi connectivity index (χ4v) is 3.74. The lowest BCUT2D eigenvalue weighted by molar-refractivity contribution is -0.116. The third kappa shape index (κ3) is 5.47. The van der Waals surface area contributed by atoms with Gasteiger partial charge in [-0.3, -0.25) is 4.79 Å². The lowest BCUT2D eigenvalue weighted by Gasteiger charge is -2.23. The van der Waals surface area contributed by atoms with Crippen molar-refractivity contribution in [2.75, 3.05) is 10.6 Å². The van der Waals surface area contributed by atoms with Crippen molar-refractivity contribution >= 4 is 17.3 Å². The highest BCUT2D eigenvalue weighted by Crippen LogP contribution is 2.23. The molecule has 0 atom stereocenters. The summed E-state index contributed by atoms with van der Waals surface area (Å²) in [7, 11) is 0. The van der Waals surface area contributed by atoms with Crippen LogP contribution < -0.4 is 10.6 Å². The Hall–Kier alpha value is -3.15. The first-order valence-electron chi connectivity index (χ1n) is 10.7. The molecule has 1 aliphatic carbocycles. The number of hydrogen-bond donors (Lipinski definition) is 2. The highest BCUT2D eigenvalue weighted by molar-refractivity contribution is 5.90. The minimum absolute atomic E-state index is 0.0712. The number of hydrogen-bond acceptors (Lipinski definition) is 5. The Morgan fingerprint density at radius 1 is 0.967 bits per heavy atom. The van der Waals surface area contributed by atoms with Crippen molar-refractivity contribution < 1.29 is 9.21 Å². The normalized spacial score (nSPS) is 14.4. The van der Waals surface area contributed by atoms with Gasteiger partial charge in [-0.05, 0) is 56.2 Å². The first-order chi connectivity index (χ1) is 14.7. The van der Waals surface area contributed by atoms with Gasteiger partial charge >= 0.3 is 0 Å². The second kappa shape index (κ2) is 9.57. The summed E-state index contributed by atoms with van der Waals surface area (Å²) < 4.78 is 5.69. The predicted octanol–water partition coefficient (Wildman–Crippen LogP) is 5.36. The van der Waals surface area contributed by atoms with E-state index in [0.717, 1.165) is 16.9 Å². The van der Waals surface area contributed by atoms with Crippen molar-refractivity contribution in [1.82, 2.24) is 10.2 Å². The summed E-state index contributed by atoms with van der Waals surface area (Å²) in [5.74, 6) is 0.872. The Kier molecular flexibility index (Phi) is 6.42. The van der Waals surface area contributed by atoms with Gasteiger partial charge in [-0.25, -0.2) is 0 Å². The lowest BCUT2D eigenvalue weighted by atomic mass is 9.95. The largest absolute Gasteiger partial charge is 0.421 e. The highest BCUT2D eigenvalue weighted by atomic mass is 16.4. The van der Waals surface area contributed by atoms with Gasteiger partial charge in [-0.1, -0.05) is 37.0 Å². The van der Waals surface area contributed by atoms with Crippen LogP contribution in [0.1, 0.15) is 50.0 Å². The van der Waals surface area contributed by atoms with E-state index >= 15 is 0 Å². The molecule has 1 fully saturated rings. The van der Waals surface area contributed by atoms with Crippen LogP contribution in [0.3, 0.4) is 0 Å². The zero-order chi connectivity index (χ0) is 20.8. The molecular formula is C24H28N4O2. The quantitative estimate of drug-likeness (QED) is 0.554. The summed E-state index contributed by atoms with van der Waals surface area (Å²) >= 11 is 0. The molecule has 0 unspecified atom stereocenters. The van der Waals surface area contributed by atoms with Crippen molar-refractivity contribution in [1.29, 1.82) is 0 Å². The first-order valence-corrected chi connectivity index (χ1v) is 10.7. The number of carbonyl (C=O) groups is 1. The Bertz CT molecular complexity index is 958. The fraction of sp³-hybridized carbons (Fsp3) is 0.375. The number of aryl methyl sites for hydroxylation is 2. The molecule has 4 rings (SSSR count). The van der Waals surface area contributed by atoms with Gasteiger partial charge in [0.15, 0.2) is 0 Å². The van der Waals surface area contributed by atoms with Crippen LogP contribution in [-0.4, -0.2) is 22.1 Å². The van der Waals surface area contributed by atoms with Crippen molar-refractivity contribution in [2.45, 2.75) is 57.9 Å². The Balaban J connectivity index is 1.25. The SMILES string of the molecule is Cc1ccc(-c2nnc(CCC(=O)Nc3ccc(NC4CCCCC4)cc3)o2)cc1. The van der Waals surface area contributed by atoms with Crippen LogP contribution in [0.25, 0.3) is 11.5 Å². The number of aromatic nitrogens is 2. The van der Waals surface area contributed by atoms with E-state index < -0.39 is 0 Å². The van der Waals surface area contributed by atoms with Gasteiger partial charge in [0.25, 0.3) is 0 Å². The van der Waals surface area contributed by atoms with E-state index in [0.29, 0.717) is 24.2 Å². The molecule has 1 aliphatic rings. The number of anilines is 2. The predicted molar refractivity (Wildman–Crippen MR) is 118 cm³/mol. The number of amides is 1. The second-order valence-electron chi connectivity index (χ2n) is 7.97. The lowest BCUT2D eigenvalue weighted by Crippen LogP contribution is -2.22. The van der Waals surface area contributed by atoms with Crippen LogP contribution in [0.2, 0.25) is 0 Å². The molecule has 3 aromatic rings. The summed E-state index contributed by atoms with van der Waals surface area (Å²) in [6.07, 6.45) is 7.12. The molecule has 2 aromatic carbocycles. The van der Waals surface area contributed by atoms with Crippen LogP contribution in [0.15, 0.2) is 52.9 Å². The average molecular weight is 405 g/mol. The topological polar surface area (TPSA) is 80.0 Å². The Labute approximate surface area is 177 Å². The maximum atomic E-state index is 12.3. The standard InChI is InChI=1S/C24H28N4O2/c1-17-7-9-18(10-8-17)24-28-27-23(30-24)16-15-22(29)26-21-13-11-20(12-14-21)25-19-5-3-2-4-6-19/h7-14,19,25H,2-6,15-16H2,1H3,(H,26,29). The molecule has 6 nitrogen and oxygen atoms in total.